The van der Waals surface area contributed by atoms with E-state index < -0.39 is 10.0 Å². The first-order valence-electron chi connectivity index (χ1n) is 8.53. The zero-order valence-corrected chi connectivity index (χ0v) is 16.0. The number of unbranched alkanes of at least 4 members (excludes halogenated alkanes) is 1. The van der Waals surface area contributed by atoms with Crippen LogP contribution < -0.4 is 10.0 Å². The third-order valence-corrected chi connectivity index (χ3v) is 5.22. The van der Waals surface area contributed by atoms with E-state index in [4.69, 9.17) is 0 Å². The second-order valence-electron chi connectivity index (χ2n) is 6.40. The molecule has 7 heteroatoms. The van der Waals surface area contributed by atoms with Gasteiger partial charge in [-0.25, -0.2) is 8.42 Å². The lowest BCUT2D eigenvalue weighted by atomic mass is 9.98. The molecule has 0 spiro atoms. The molecule has 1 aromatic heterocycles. The van der Waals surface area contributed by atoms with E-state index in [2.05, 4.69) is 40.2 Å². The van der Waals surface area contributed by atoms with Gasteiger partial charge in [0.1, 0.15) is 0 Å². The van der Waals surface area contributed by atoms with Crippen molar-refractivity contribution in [1.82, 2.24) is 10.2 Å². The van der Waals surface area contributed by atoms with Gasteiger partial charge in [0.25, 0.3) is 0 Å². The Hall–Kier alpha value is -2.15. The number of nitrogens with one attached hydrogen (secondary N) is 2. The van der Waals surface area contributed by atoms with E-state index in [1.54, 1.807) is 12.1 Å². The van der Waals surface area contributed by atoms with Crippen molar-refractivity contribution in [3.63, 3.8) is 0 Å². The van der Waals surface area contributed by atoms with E-state index in [1.807, 2.05) is 26.0 Å². The van der Waals surface area contributed by atoms with Gasteiger partial charge in [-0.05, 0) is 42.5 Å². The molecule has 0 radical (unpaired) electrons. The highest BCUT2D eigenvalue weighted by molar-refractivity contribution is 7.92. The van der Waals surface area contributed by atoms with E-state index in [0.29, 0.717) is 18.2 Å². The molecule has 0 fully saturated rings. The van der Waals surface area contributed by atoms with Crippen LogP contribution in [-0.4, -0.2) is 24.4 Å². The summed E-state index contributed by atoms with van der Waals surface area (Å²) in [7, 11) is -3.37. The second-order valence-corrected chi connectivity index (χ2v) is 8.24. The minimum atomic E-state index is -3.37. The summed E-state index contributed by atoms with van der Waals surface area (Å²) in [5.41, 5.74) is 3.34. The highest BCUT2D eigenvalue weighted by Crippen LogP contribution is 2.29. The van der Waals surface area contributed by atoms with E-state index in [0.717, 1.165) is 17.7 Å². The Morgan fingerprint density at radius 3 is 2.36 bits per heavy atom. The average molecular weight is 362 g/mol. The fourth-order valence-electron chi connectivity index (χ4n) is 2.47. The Bertz CT molecular complexity index is 802. The van der Waals surface area contributed by atoms with Crippen molar-refractivity contribution in [2.75, 3.05) is 15.8 Å². The van der Waals surface area contributed by atoms with Gasteiger partial charge in [-0.1, -0.05) is 45.4 Å². The first-order chi connectivity index (χ1) is 11.8. The standard InChI is InChI=1S/C18H26N4O2S/c1-5-6-12-25(23,24)22-17-11-10-16(20-21-17)19-18-14(4)8-7-9-15(18)13(2)3/h7-11,13H,5-6,12H2,1-4H3,(H,19,20)(H,21,22). The highest BCUT2D eigenvalue weighted by atomic mass is 32.2. The van der Waals surface area contributed by atoms with Gasteiger partial charge in [-0.15, -0.1) is 10.2 Å². The molecule has 0 atom stereocenters. The first-order valence-corrected chi connectivity index (χ1v) is 10.2. The molecule has 1 heterocycles. The summed E-state index contributed by atoms with van der Waals surface area (Å²) in [5, 5.41) is 11.4. The lowest BCUT2D eigenvalue weighted by Crippen LogP contribution is -2.17. The van der Waals surface area contributed by atoms with Gasteiger partial charge in [0.05, 0.1) is 5.75 Å². The van der Waals surface area contributed by atoms with Gasteiger partial charge in [0.2, 0.25) is 10.0 Å². The van der Waals surface area contributed by atoms with E-state index in [-0.39, 0.29) is 11.6 Å². The van der Waals surface area contributed by atoms with Gasteiger partial charge in [-0.3, -0.25) is 4.72 Å². The normalized spacial score (nSPS) is 11.6. The number of anilines is 3. The molecule has 2 rings (SSSR count). The summed E-state index contributed by atoms with van der Waals surface area (Å²) in [6.07, 6.45) is 1.44. The molecule has 136 valence electrons. The third-order valence-electron chi connectivity index (χ3n) is 3.87. The molecule has 0 amide bonds. The van der Waals surface area contributed by atoms with Crippen molar-refractivity contribution in [2.45, 2.75) is 46.5 Å². The van der Waals surface area contributed by atoms with E-state index in [1.165, 1.54) is 5.56 Å². The number of sulfonamides is 1. The van der Waals surface area contributed by atoms with Gasteiger partial charge < -0.3 is 5.32 Å². The third kappa shape index (κ3) is 5.42. The fourth-order valence-corrected chi connectivity index (χ4v) is 3.67. The summed E-state index contributed by atoms with van der Waals surface area (Å²) < 4.78 is 26.3. The molecule has 25 heavy (non-hydrogen) atoms. The largest absolute Gasteiger partial charge is 0.338 e. The number of benzene rings is 1. The molecule has 0 bridgehead atoms. The zero-order chi connectivity index (χ0) is 18.4. The van der Waals surface area contributed by atoms with Crippen molar-refractivity contribution in [1.29, 1.82) is 0 Å². The SMILES string of the molecule is CCCCS(=O)(=O)Nc1ccc(Nc2c(C)cccc2C(C)C)nn1. The molecule has 2 N–H and O–H groups in total. The maximum Gasteiger partial charge on any atom is 0.233 e. The van der Waals surface area contributed by atoms with Crippen LogP contribution in [0.15, 0.2) is 30.3 Å². The molecule has 1 aromatic carbocycles. The molecule has 0 saturated carbocycles. The molecule has 0 aliphatic carbocycles. The molecule has 0 aliphatic rings. The summed E-state index contributed by atoms with van der Waals surface area (Å²) in [5.74, 6) is 1.27. The topological polar surface area (TPSA) is 84.0 Å². The van der Waals surface area contributed by atoms with Crippen LogP contribution in [0.2, 0.25) is 0 Å². The molecular weight excluding hydrogens is 336 g/mol. The van der Waals surface area contributed by atoms with Gasteiger partial charge >= 0.3 is 0 Å². The Kier molecular flexibility index (Phi) is 6.36. The molecular formula is C18H26N4O2S. The number of hydrogen-bond acceptors (Lipinski definition) is 5. The van der Waals surface area contributed by atoms with Crippen molar-refractivity contribution >= 4 is 27.3 Å². The zero-order valence-electron chi connectivity index (χ0n) is 15.2. The molecule has 6 nitrogen and oxygen atoms in total. The number of para-hydroxylation sites is 1. The molecule has 2 aromatic rings. The average Bonchev–Trinajstić information content (AvgIpc) is 2.56. The van der Waals surface area contributed by atoms with E-state index >= 15 is 0 Å². The van der Waals surface area contributed by atoms with Crippen molar-refractivity contribution in [2.24, 2.45) is 0 Å². The van der Waals surface area contributed by atoms with E-state index in [9.17, 15) is 8.42 Å². The fraction of sp³-hybridized carbons (Fsp3) is 0.444. The van der Waals surface area contributed by atoms with Crippen LogP contribution in [-0.2, 0) is 10.0 Å². The first kappa shape index (κ1) is 19.2. The van der Waals surface area contributed by atoms with Crippen LogP contribution in [0.3, 0.4) is 0 Å². The number of aryl methyl sites for hydroxylation is 1. The monoisotopic (exact) mass is 362 g/mol. The maximum atomic E-state index is 11.9. The second kappa shape index (κ2) is 8.29. The summed E-state index contributed by atoms with van der Waals surface area (Å²) >= 11 is 0. The van der Waals surface area contributed by atoms with Crippen molar-refractivity contribution in [3.8, 4) is 0 Å². The van der Waals surface area contributed by atoms with Gasteiger partial charge in [0.15, 0.2) is 11.6 Å². The number of aromatic nitrogens is 2. The maximum absolute atomic E-state index is 11.9. The Balaban J connectivity index is 2.14. The molecule has 0 unspecified atom stereocenters. The lowest BCUT2D eigenvalue weighted by molar-refractivity contribution is 0.597. The number of hydrogen-bond donors (Lipinski definition) is 2. The Morgan fingerprint density at radius 2 is 1.76 bits per heavy atom. The van der Waals surface area contributed by atoms with Crippen LogP contribution in [0, 0.1) is 6.92 Å². The summed E-state index contributed by atoms with van der Waals surface area (Å²) in [4.78, 5) is 0. The lowest BCUT2D eigenvalue weighted by Gasteiger charge is -2.16. The minimum Gasteiger partial charge on any atom is -0.338 e. The Morgan fingerprint density at radius 1 is 1.08 bits per heavy atom. The predicted octanol–water partition coefficient (Wildman–Crippen LogP) is 4.19. The predicted molar refractivity (Wildman–Crippen MR) is 103 cm³/mol. The van der Waals surface area contributed by atoms with Gasteiger partial charge in [0, 0.05) is 5.69 Å². The Labute approximate surface area is 150 Å². The van der Waals surface area contributed by atoms with Crippen LogP contribution in [0.5, 0.6) is 0 Å². The summed E-state index contributed by atoms with van der Waals surface area (Å²) in [6.45, 7) is 8.27. The number of rotatable bonds is 8. The van der Waals surface area contributed by atoms with Crippen LogP contribution >= 0.6 is 0 Å². The van der Waals surface area contributed by atoms with Crippen molar-refractivity contribution < 1.29 is 8.42 Å². The minimum absolute atomic E-state index is 0.0894. The highest BCUT2D eigenvalue weighted by Gasteiger charge is 2.12. The van der Waals surface area contributed by atoms with Crippen molar-refractivity contribution in [3.05, 3.63) is 41.5 Å². The summed E-state index contributed by atoms with van der Waals surface area (Å²) in [6, 6.07) is 9.50. The molecule has 0 saturated heterocycles. The molecule has 0 aliphatic heterocycles. The van der Waals surface area contributed by atoms with Crippen LogP contribution in [0.25, 0.3) is 0 Å². The van der Waals surface area contributed by atoms with Crippen LogP contribution in [0.1, 0.15) is 50.7 Å². The number of nitrogens with zero attached hydrogens (tertiary/aromatic N) is 2. The quantitative estimate of drug-likeness (QED) is 0.735. The van der Waals surface area contributed by atoms with Crippen LogP contribution in [0.4, 0.5) is 17.3 Å². The smallest absolute Gasteiger partial charge is 0.233 e. The van der Waals surface area contributed by atoms with Gasteiger partial charge in [-0.2, -0.15) is 0 Å².